The Labute approximate surface area is 556 Å². The third-order valence-corrected chi connectivity index (χ3v) is 18.5. The quantitative estimate of drug-likeness (QED) is 0.0222. The topological polar surface area (TPSA) is 237 Å². The van der Waals surface area contributed by atoms with Crippen LogP contribution >= 0.6 is 15.6 Å². The molecule has 0 heterocycles. The summed E-state index contributed by atoms with van der Waals surface area (Å²) in [6.45, 7) is 14.0. The molecule has 0 aromatic carbocycles. The van der Waals surface area contributed by atoms with Crippen LogP contribution in [0.2, 0.25) is 0 Å². The molecule has 3 unspecified atom stereocenters. The highest BCUT2D eigenvalue weighted by atomic mass is 31.2. The summed E-state index contributed by atoms with van der Waals surface area (Å²) in [5, 5.41) is 10.6. The third-order valence-electron chi connectivity index (χ3n) is 16.6. The SMILES string of the molecule is CC(C)CCCCCCCCCCCCCCCCCCC(=O)OC[C@H](COP(=O)(O)OCC(O)COP(=O)(O)OC[C@@H](COC(=O)CCCCCCCCCC(C)C)OC(=O)CCCCCCCCC(C)C)OC(=O)CCCCCCCCCCCCC(C)C. The van der Waals surface area contributed by atoms with Crippen molar-refractivity contribution in [3.05, 3.63) is 0 Å². The zero-order valence-electron chi connectivity index (χ0n) is 59.5. The van der Waals surface area contributed by atoms with Gasteiger partial charge in [0.1, 0.15) is 19.3 Å². The van der Waals surface area contributed by atoms with Crippen molar-refractivity contribution in [2.45, 2.75) is 375 Å². The molecule has 3 N–H and O–H groups in total. The molecule has 0 amide bonds. The fraction of sp³-hybridized carbons (Fsp3) is 0.944. The summed E-state index contributed by atoms with van der Waals surface area (Å²) in [5.41, 5.74) is 0. The third kappa shape index (κ3) is 66.5. The van der Waals surface area contributed by atoms with Crippen LogP contribution in [0, 0.1) is 23.7 Å². The number of carbonyl (C=O) groups is 4. The van der Waals surface area contributed by atoms with E-state index in [9.17, 15) is 43.2 Å². The van der Waals surface area contributed by atoms with Crippen molar-refractivity contribution < 1.29 is 80.2 Å². The lowest BCUT2D eigenvalue weighted by atomic mass is 10.0. The standard InChI is InChI=1S/C72H140O17P2/c1-62(2)48-40-32-24-19-15-13-11-9-10-12-14-16-21-27-36-44-52-69(74)82-58-67(88-71(76)54-46-38-28-22-18-17-20-25-33-41-49-63(3)4)60-86-90(78,79)84-56-66(73)57-85-91(80,81)87-61-68(89-72(77)55-47-39-31-30-35-43-51-65(7)8)59-83-70(75)53-45-37-29-23-26-34-42-50-64(5)6/h62-68,73H,9-61H2,1-8H3,(H,78,79)(H,80,81)/t66?,67-,68-/m1/s1. The highest BCUT2D eigenvalue weighted by Crippen LogP contribution is 2.45. The van der Waals surface area contributed by atoms with Crippen LogP contribution in [0.1, 0.15) is 357 Å². The number of hydrogen-bond donors (Lipinski definition) is 3. The number of phosphoric acid groups is 2. The van der Waals surface area contributed by atoms with Crippen LogP contribution in [0.15, 0.2) is 0 Å². The molecule has 0 aromatic heterocycles. The number of hydrogen-bond acceptors (Lipinski definition) is 15. The number of aliphatic hydroxyl groups excluding tert-OH is 1. The van der Waals surface area contributed by atoms with Gasteiger partial charge in [-0.25, -0.2) is 9.13 Å². The average Bonchev–Trinajstić information content (AvgIpc) is 3.53. The van der Waals surface area contributed by atoms with Crippen LogP contribution in [-0.4, -0.2) is 96.7 Å². The second-order valence-corrected chi connectivity index (χ2v) is 30.8. The number of phosphoric ester groups is 2. The minimum atomic E-state index is -4.95. The van der Waals surface area contributed by atoms with Gasteiger partial charge in [0, 0.05) is 25.7 Å². The summed E-state index contributed by atoms with van der Waals surface area (Å²) in [5.74, 6) is 0.807. The monoisotopic (exact) mass is 1340 g/mol. The Hall–Kier alpha value is -1.94. The number of carbonyl (C=O) groups excluding carboxylic acids is 4. The van der Waals surface area contributed by atoms with Crippen molar-refractivity contribution in [3.8, 4) is 0 Å². The summed E-state index contributed by atoms with van der Waals surface area (Å²) in [4.78, 5) is 72.5. The summed E-state index contributed by atoms with van der Waals surface area (Å²) in [6.07, 6.45) is 44.8. The van der Waals surface area contributed by atoms with Crippen LogP contribution in [0.5, 0.6) is 0 Å². The van der Waals surface area contributed by atoms with Gasteiger partial charge in [-0.1, -0.05) is 306 Å². The summed E-state index contributed by atoms with van der Waals surface area (Å²) in [6, 6.07) is 0. The fourth-order valence-corrected chi connectivity index (χ4v) is 12.4. The second-order valence-electron chi connectivity index (χ2n) is 27.9. The van der Waals surface area contributed by atoms with Crippen molar-refractivity contribution in [1.29, 1.82) is 0 Å². The molecule has 0 rings (SSSR count). The van der Waals surface area contributed by atoms with Crippen LogP contribution in [0.3, 0.4) is 0 Å². The highest BCUT2D eigenvalue weighted by Gasteiger charge is 2.30. The maximum atomic E-state index is 13.0. The Kier molecular flexibility index (Phi) is 60.3. The van der Waals surface area contributed by atoms with Crippen molar-refractivity contribution in [1.82, 2.24) is 0 Å². The van der Waals surface area contributed by atoms with Crippen LogP contribution in [0.25, 0.3) is 0 Å². The first-order valence-corrected chi connectivity index (χ1v) is 40.2. The van der Waals surface area contributed by atoms with Gasteiger partial charge in [0.25, 0.3) is 0 Å². The molecule has 91 heavy (non-hydrogen) atoms. The van der Waals surface area contributed by atoms with Crippen molar-refractivity contribution in [2.24, 2.45) is 23.7 Å². The van der Waals surface area contributed by atoms with E-state index in [-0.39, 0.29) is 25.7 Å². The van der Waals surface area contributed by atoms with E-state index in [2.05, 4.69) is 55.4 Å². The molecule has 0 fully saturated rings. The van der Waals surface area contributed by atoms with E-state index in [1.165, 1.54) is 154 Å². The van der Waals surface area contributed by atoms with Gasteiger partial charge in [-0.2, -0.15) is 0 Å². The van der Waals surface area contributed by atoms with E-state index in [1.807, 2.05) is 0 Å². The Morgan fingerprint density at radius 3 is 0.681 bits per heavy atom. The van der Waals surface area contributed by atoms with Gasteiger partial charge in [0.15, 0.2) is 12.2 Å². The van der Waals surface area contributed by atoms with Crippen LogP contribution in [-0.2, 0) is 65.4 Å². The minimum Gasteiger partial charge on any atom is -0.462 e. The first-order valence-electron chi connectivity index (χ1n) is 37.2. The Morgan fingerprint density at radius 1 is 0.275 bits per heavy atom. The molecular weight excluding hydrogens is 1200 g/mol. The van der Waals surface area contributed by atoms with E-state index < -0.39 is 97.5 Å². The second kappa shape index (κ2) is 61.6. The van der Waals surface area contributed by atoms with E-state index in [0.29, 0.717) is 37.5 Å². The summed E-state index contributed by atoms with van der Waals surface area (Å²) >= 11 is 0. The van der Waals surface area contributed by atoms with E-state index in [1.54, 1.807) is 0 Å². The molecule has 0 aliphatic heterocycles. The molecule has 0 aromatic rings. The molecule has 0 bridgehead atoms. The lowest BCUT2D eigenvalue weighted by Crippen LogP contribution is -2.30. The highest BCUT2D eigenvalue weighted by molar-refractivity contribution is 7.47. The minimum absolute atomic E-state index is 0.101. The van der Waals surface area contributed by atoms with E-state index in [4.69, 9.17) is 37.0 Å². The van der Waals surface area contributed by atoms with Gasteiger partial charge in [-0.3, -0.25) is 37.3 Å². The van der Waals surface area contributed by atoms with Gasteiger partial charge in [0.05, 0.1) is 26.4 Å². The van der Waals surface area contributed by atoms with Gasteiger partial charge in [0.2, 0.25) is 0 Å². The largest absolute Gasteiger partial charge is 0.472 e. The maximum Gasteiger partial charge on any atom is 0.472 e. The molecule has 540 valence electrons. The van der Waals surface area contributed by atoms with Gasteiger partial charge < -0.3 is 33.8 Å². The average molecular weight is 1340 g/mol. The summed E-state index contributed by atoms with van der Waals surface area (Å²) < 4.78 is 68.3. The van der Waals surface area contributed by atoms with Crippen molar-refractivity contribution in [3.63, 3.8) is 0 Å². The lowest BCUT2D eigenvalue weighted by Gasteiger charge is -2.21. The first-order chi connectivity index (χ1) is 43.6. The molecule has 17 nitrogen and oxygen atoms in total. The molecule has 0 saturated heterocycles. The summed E-state index contributed by atoms with van der Waals surface area (Å²) in [7, 11) is -9.90. The number of esters is 4. The number of rotatable bonds is 69. The number of unbranched alkanes of at least 4 members (excludes halogenated alkanes) is 35. The predicted molar refractivity (Wildman–Crippen MR) is 367 cm³/mol. The molecule has 0 aliphatic carbocycles. The molecule has 0 aliphatic rings. The first kappa shape index (κ1) is 89.1. The molecule has 0 spiro atoms. The molecule has 5 atom stereocenters. The normalized spacial score (nSPS) is 14.2. The van der Waals surface area contributed by atoms with Gasteiger partial charge in [-0.15, -0.1) is 0 Å². The maximum absolute atomic E-state index is 13.0. The fourth-order valence-electron chi connectivity index (χ4n) is 10.8. The predicted octanol–water partition coefficient (Wildman–Crippen LogP) is 20.5. The Bertz CT molecular complexity index is 1800. The van der Waals surface area contributed by atoms with Gasteiger partial charge >= 0.3 is 39.5 Å². The van der Waals surface area contributed by atoms with E-state index >= 15 is 0 Å². The Morgan fingerprint density at radius 2 is 0.462 bits per heavy atom. The smallest absolute Gasteiger partial charge is 0.462 e. The van der Waals surface area contributed by atoms with E-state index in [0.717, 1.165) is 108 Å². The van der Waals surface area contributed by atoms with Crippen LogP contribution in [0.4, 0.5) is 0 Å². The zero-order chi connectivity index (χ0) is 67.5. The van der Waals surface area contributed by atoms with Crippen molar-refractivity contribution >= 4 is 39.5 Å². The zero-order valence-corrected chi connectivity index (χ0v) is 61.3. The molecular formula is C72H140O17P2. The number of ether oxygens (including phenoxy) is 4. The number of aliphatic hydroxyl groups is 1. The van der Waals surface area contributed by atoms with Crippen LogP contribution < -0.4 is 0 Å². The van der Waals surface area contributed by atoms with Gasteiger partial charge in [-0.05, 0) is 49.4 Å². The molecule has 0 radical (unpaired) electrons. The lowest BCUT2D eigenvalue weighted by molar-refractivity contribution is -0.161. The Balaban J connectivity index is 5.19. The molecule has 19 heteroatoms. The van der Waals surface area contributed by atoms with Crippen molar-refractivity contribution in [2.75, 3.05) is 39.6 Å². The molecule has 0 saturated carbocycles.